The number of halogens is 1. The molecule has 2 heterocycles. The number of nitrogens with zero attached hydrogens (tertiary/aromatic N) is 3. The highest BCUT2D eigenvalue weighted by Gasteiger charge is 2.66. The second-order valence-corrected chi connectivity index (χ2v) is 5.03. The Labute approximate surface area is 108 Å². The third kappa shape index (κ3) is 2.18. The van der Waals surface area contributed by atoms with Crippen molar-refractivity contribution in [1.29, 1.82) is 0 Å². The number of hydrogen-bond donors (Lipinski definition) is 2. The van der Waals surface area contributed by atoms with Crippen LogP contribution in [-0.4, -0.2) is 59.4 Å². The van der Waals surface area contributed by atoms with Gasteiger partial charge in [0.25, 0.3) is 0 Å². The summed E-state index contributed by atoms with van der Waals surface area (Å²) in [6.07, 6.45) is -3.43. The minimum atomic E-state index is -1.49. The van der Waals surface area contributed by atoms with E-state index < -0.39 is 49.2 Å². The number of hydrogen-bond acceptors (Lipinski definition) is 6. The summed E-state index contributed by atoms with van der Waals surface area (Å²) in [6, 6.07) is -1.16. The van der Waals surface area contributed by atoms with E-state index in [2.05, 4.69) is 10.0 Å². The Morgan fingerprint density at radius 1 is 1.53 bits per heavy atom. The van der Waals surface area contributed by atoms with Crippen molar-refractivity contribution in [1.82, 2.24) is 0 Å². The molecule has 0 aromatic rings. The molecule has 1 unspecified atom stereocenters. The normalized spacial score (nSPS) is 41.6. The van der Waals surface area contributed by atoms with E-state index in [0.29, 0.717) is 0 Å². The van der Waals surface area contributed by atoms with Crippen molar-refractivity contribution in [3.63, 3.8) is 0 Å². The third-order valence-corrected chi connectivity index (χ3v) is 3.32. The molecule has 2 aliphatic rings. The average Bonchev–Trinajstić information content (AvgIpc) is 2.77. The van der Waals surface area contributed by atoms with Crippen LogP contribution in [0.1, 0.15) is 13.8 Å². The lowest BCUT2D eigenvalue weighted by atomic mass is 9.93. The fourth-order valence-electron chi connectivity index (χ4n) is 2.56. The number of rotatable bonds is 4. The van der Waals surface area contributed by atoms with Gasteiger partial charge >= 0.3 is 0 Å². The van der Waals surface area contributed by atoms with Crippen molar-refractivity contribution in [3.05, 3.63) is 10.4 Å². The summed E-state index contributed by atoms with van der Waals surface area (Å²) in [4.78, 5) is 2.54. The first-order chi connectivity index (χ1) is 8.90. The largest absolute Gasteiger partial charge is 0.393 e. The molecule has 2 N–H and O–H groups in total. The number of aliphatic hydroxyl groups excluding tert-OH is 2. The summed E-state index contributed by atoms with van der Waals surface area (Å²) in [5, 5.41) is 22.7. The molecule has 0 aliphatic carbocycles. The predicted octanol–water partition coefficient (Wildman–Crippen LogP) is 0.235. The van der Waals surface area contributed by atoms with E-state index in [0.717, 1.165) is 0 Å². The Bertz CT molecular complexity index is 403. The van der Waals surface area contributed by atoms with Gasteiger partial charge in [-0.2, -0.15) is 0 Å². The molecule has 0 radical (unpaired) electrons. The summed E-state index contributed by atoms with van der Waals surface area (Å²) in [5.41, 5.74) is 6.92. The van der Waals surface area contributed by atoms with Crippen LogP contribution >= 0.6 is 0 Å². The molecule has 0 bridgehead atoms. The van der Waals surface area contributed by atoms with Crippen LogP contribution in [0.5, 0.6) is 0 Å². The van der Waals surface area contributed by atoms with Gasteiger partial charge in [-0.25, -0.2) is 0 Å². The van der Waals surface area contributed by atoms with Gasteiger partial charge in [-0.05, 0) is 19.4 Å². The molecule has 0 spiro atoms. The molecule has 2 rings (SSSR count). The highest BCUT2D eigenvalue weighted by Crippen LogP contribution is 2.47. The molecule has 0 aromatic heterocycles. The highest BCUT2D eigenvalue weighted by atomic mass is 19.1. The van der Waals surface area contributed by atoms with Crippen LogP contribution in [0.4, 0.5) is 4.39 Å². The summed E-state index contributed by atoms with van der Waals surface area (Å²) in [5.74, 6) is -1.06. The van der Waals surface area contributed by atoms with Gasteiger partial charge in [0.1, 0.15) is 18.9 Å². The second-order valence-electron chi connectivity index (χ2n) is 5.03. The van der Waals surface area contributed by atoms with Crippen molar-refractivity contribution in [2.45, 2.75) is 49.8 Å². The van der Waals surface area contributed by atoms with Crippen LogP contribution in [0, 0.1) is 0 Å². The van der Waals surface area contributed by atoms with Gasteiger partial charge in [0.2, 0.25) is 0 Å². The lowest BCUT2D eigenvalue weighted by Gasteiger charge is -2.27. The summed E-state index contributed by atoms with van der Waals surface area (Å²) in [6.45, 7) is 1.67. The first-order valence-corrected chi connectivity index (χ1v) is 5.83. The molecule has 19 heavy (non-hydrogen) atoms. The molecule has 108 valence electrons. The molecule has 2 aliphatic heterocycles. The molecule has 0 amide bonds. The monoisotopic (exact) mass is 277 g/mol. The SMILES string of the molecule is CC1(C)O[C@H]2[C@@H]([C@H](CF)N=[N+]=[N-])OC(O)[C@@]2(CO)O1. The van der Waals surface area contributed by atoms with Crippen LogP contribution in [0.15, 0.2) is 5.11 Å². The molecule has 2 fully saturated rings. The van der Waals surface area contributed by atoms with Crippen LogP contribution in [0.3, 0.4) is 0 Å². The van der Waals surface area contributed by atoms with Gasteiger partial charge in [0.05, 0.1) is 12.6 Å². The molecular formula is C10H16FN3O5. The van der Waals surface area contributed by atoms with Crippen molar-refractivity contribution >= 4 is 0 Å². The zero-order valence-corrected chi connectivity index (χ0v) is 10.6. The fraction of sp³-hybridized carbons (Fsp3) is 1.00. The van der Waals surface area contributed by atoms with Crippen LogP contribution in [-0.2, 0) is 14.2 Å². The maximum Gasteiger partial charge on any atom is 0.189 e. The standard InChI is InChI=1S/C10H16FN3O5/c1-9(2)18-7-6(5(3-11)13-14-12)17-8(16)10(7,4-15)19-9/h5-8,15-16H,3-4H2,1-2H3/t5-,6+,7-,8?,10-/m0/s1. The van der Waals surface area contributed by atoms with Crippen LogP contribution < -0.4 is 0 Å². The molecule has 0 saturated carbocycles. The van der Waals surface area contributed by atoms with E-state index in [4.69, 9.17) is 19.7 Å². The zero-order chi connectivity index (χ0) is 14.3. The van der Waals surface area contributed by atoms with E-state index in [1.165, 1.54) is 0 Å². The van der Waals surface area contributed by atoms with E-state index in [1.807, 2.05) is 0 Å². The van der Waals surface area contributed by atoms with Crippen molar-refractivity contribution < 1.29 is 28.8 Å². The van der Waals surface area contributed by atoms with Crippen molar-refractivity contribution in [2.75, 3.05) is 13.3 Å². The number of azide groups is 1. The number of fused-ring (bicyclic) bond motifs is 1. The first-order valence-electron chi connectivity index (χ1n) is 5.83. The zero-order valence-electron chi connectivity index (χ0n) is 10.6. The van der Waals surface area contributed by atoms with E-state index >= 15 is 0 Å². The Hall–Kier alpha value is -0.960. The van der Waals surface area contributed by atoms with E-state index in [-0.39, 0.29) is 0 Å². The fourth-order valence-corrected chi connectivity index (χ4v) is 2.56. The lowest BCUT2D eigenvalue weighted by Crippen LogP contribution is -2.51. The summed E-state index contributed by atoms with van der Waals surface area (Å²) in [7, 11) is 0. The van der Waals surface area contributed by atoms with Crippen LogP contribution in [0.2, 0.25) is 0 Å². The number of ether oxygens (including phenoxy) is 3. The Kier molecular flexibility index (Phi) is 3.69. The van der Waals surface area contributed by atoms with Crippen molar-refractivity contribution in [2.24, 2.45) is 5.11 Å². The van der Waals surface area contributed by atoms with Gasteiger partial charge < -0.3 is 24.4 Å². The first kappa shape index (κ1) is 14.4. The van der Waals surface area contributed by atoms with E-state index in [1.54, 1.807) is 13.8 Å². The second kappa shape index (κ2) is 4.86. The molecule has 8 nitrogen and oxygen atoms in total. The quantitative estimate of drug-likeness (QED) is 0.433. The average molecular weight is 277 g/mol. The van der Waals surface area contributed by atoms with Crippen LogP contribution in [0.25, 0.3) is 10.4 Å². The molecule has 0 aromatic carbocycles. The third-order valence-electron chi connectivity index (χ3n) is 3.32. The molecular weight excluding hydrogens is 261 g/mol. The van der Waals surface area contributed by atoms with Gasteiger partial charge in [0.15, 0.2) is 17.7 Å². The van der Waals surface area contributed by atoms with E-state index in [9.17, 15) is 14.6 Å². The minimum absolute atomic E-state index is 0.561. The highest BCUT2D eigenvalue weighted by molar-refractivity contribution is 5.09. The van der Waals surface area contributed by atoms with Gasteiger partial charge in [-0.3, -0.25) is 4.39 Å². The van der Waals surface area contributed by atoms with Gasteiger partial charge in [-0.15, -0.1) is 0 Å². The van der Waals surface area contributed by atoms with Gasteiger partial charge in [0, 0.05) is 4.91 Å². The van der Waals surface area contributed by atoms with Crippen molar-refractivity contribution in [3.8, 4) is 0 Å². The smallest absolute Gasteiger partial charge is 0.189 e. The number of alkyl halides is 1. The van der Waals surface area contributed by atoms with Gasteiger partial charge in [-0.1, -0.05) is 5.11 Å². The maximum atomic E-state index is 12.9. The topological polar surface area (TPSA) is 117 Å². The lowest BCUT2D eigenvalue weighted by molar-refractivity contribution is -0.253. The molecule has 2 saturated heterocycles. The summed E-state index contributed by atoms with van der Waals surface area (Å²) >= 11 is 0. The molecule has 5 atom stereocenters. The Morgan fingerprint density at radius 3 is 2.74 bits per heavy atom. The Morgan fingerprint density at radius 2 is 2.21 bits per heavy atom. The summed E-state index contributed by atoms with van der Waals surface area (Å²) < 4.78 is 29.2. The number of aliphatic hydroxyl groups is 2. The maximum absolute atomic E-state index is 12.9. The predicted molar refractivity (Wildman–Crippen MR) is 59.6 cm³/mol. The minimum Gasteiger partial charge on any atom is -0.393 e. The molecule has 9 heteroatoms. The Balaban J connectivity index is 2.33.